The molecule has 102 valence electrons. The summed E-state index contributed by atoms with van der Waals surface area (Å²) in [5.41, 5.74) is 3.02. The molecule has 1 aromatic heterocycles. The van der Waals surface area contributed by atoms with Crippen molar-refractivity contribution in [2.24, 2.45) is 0 Å². The van der Waals surface area contributed by atoms with Crippen molar-refractivity contribution < 1.29 is 4.39 Å². The number of aromatic nitrogens is 2. The van der Waals surface area contributed by atoms with Crippen LogP contribution in [0.15, 0.2) is 47.1 Å². The van der Waals surface area contributed by atoms with Crippen molar-refractivity contribution in [3.8, 4) is 0 Å². The third kappa shape index (κ3) is 2.54. The lowest BCUT2D eigenvalue weighted by Crippen LogP contribution is -2.07. The molecule has 3 aromatic rings. The summed E-state index contributed by atoms with van der Waals surface area (Å²) >= 11 is 3.40. The van der Waals surface area contributed by atoms with Gasteiger partial charge >= 0.3 is 0 Å². The molecule has 0 saturated carbocycles. The van der Waals surface area contributed by atoms with Gasteiger partial charge in [0.15, 0.2) is 0 Å². The van der Waals surface area contributed by atoms with Gasteiger partial charge in [0.25, 0.3) is 0 Å². The standard InChI is InChI=1S/C15H13BrFN3/c1-9(13-4-2-11(17)7-14(13)16)19-12-3-5-15-10(6-12)8-18-20-15/h2-9,19H,1H3,(H,18,20). The van der Waals surface area contributed by atoms with Crippen molar-refractivity contribution in [1.82, 2.24) is 10.2 Å². The maximum atomic E-state index is 13.1. The van der Waals surface area contributed by atoms with Crippen LogP contribution in [0.5, 0.6) is 0 Å². The Kier molecular flexibility index (Phi) is 3.44. The Hall–Kier alpha value is -1.88. The first kappa shape index (κ1) is 13.1. The highest BCUT2D eigenvalue weighted by molar-refractivity contribution is 9.10. The van der Waals surface area contributed by atoms with Gasteiger partial charge in [-0.3, -0.25) is 5.10 Å². The van der Waals surface area contributed by atoms with Crippen LogP contribution >= 0.6 is 15.9 Å². The van der Waals surface area contributed by atoms with Crippen molar-refractivity contribution in [2.45, 2.75) is 13.0 Å². The zero-order valence-corrected chi connectivity index (χ0v) is 12.4. The van der Waals surface area contributed by atoms with E-state index in [9.17, 15) is 4.39 Å². The number of fused-ring (bicyclic) bond motifs is 1. The molecule has 0 aliphatic rings. The lowest BCUT2D eigenvalue weighted by molar-refractivity contribution is 0.625. The molecule has 0 saturated heterocycles. The molecule has 1 atom stereocenters. The fourth-order valence-corrected chi connectivity index (χ4v) is 2.91. The van der Waals surface area contributed by atoms with Gasteiger partial charge < -0.3 is 5.32 Å². The van der Waals surface area contributed by atoms with Gasteiger partial charge in [-0.2, -0.15) is 5.10 Å². The number of hydrogen-bond acceptors (Lipinski definition) is 2. The second-order valence-electron chi connectivity index (χ2n) is 4.70. The summed E-state index contributed by atoms with van der Waals surface area (Å²) in [5, 5.41) is 11.4. The van der Waals surface area contributed by atoms with Crippen molar-refractivity contribution in [2.75, 3.05) is 5.32 Å². The molecule has 0 amide bonds. The van der Waals surface area contributed by atoms with Crippen LogP contribution in [-0.2, 0) is 0 Å². The topological polar surface area (TPSA) is 40.7 Å². The number of nitrogens with zero attached hydrogens (tertiary/aromatic N) is 1. The van der Waals surface area contributed by atoms with Crippen LogP contribution in [0.3, 0.4) is 0 Å². The predicted molar refractivity (Wildman–Crippen MR) is 82.2 cm³/mol. The molecular formula is C15H13BrFN3. The average molecular weight is 334 g/mol. The molecule has 0 fully saturated rings. The third-order valence-electron chi connectivity index (χ3n) is 3.25. The molecular weight excluding hydrogens is 321 g/mol. The van der Waals surface area contributed by atoms with Gasteiger partial charge in [0, 0.05) is 21.6 Å². The van der Waals surface area contributed by atoms with E-state index in [0.717, 1.165) is 26.6 Å². The van der Waals surface area contributed by atoms with Crippen molar-refractivity contribution in [3.05, 3.63) is 58.4 Å². The highest BCUT2D eigenvalue weighted by Crippen LogP contribution is 2.28. The molecule has 0 bridgehead atoms. The van der Waals surface area contributed by atoms with E-state index in [1.165, 1.54) is 12.1 Å². The van der Waals surface area contributed by atoms with E-state index in [1.807, 2.05) is 25.1 Å². The van der Waals surface area contributed by atoms with Gasteiger partial charge in [-0.15, -0.1) is 0 Å². The summed E-state index contributed by atoms with van der Waals surface area (Å²) < 4.78 is 13.9. The lowest BCUT2D eigenvalue weighted by atomic mass is 10.1. The molecule has 2 N–H and O–H groups in total. The second-order valence-corrected chi connectivity index (χ2v) is 5.56. The van der Waals surface area contributed by atoms with Gasteiger partial charge in [-0.05, 0) is 42.8 Å². The number of rotatable bonds is 3. The monoisotopic (exact) mass is 333 g/mol. The first-order valence-corrected chi connectivity index (χ1v) is 7.07. The van der Waals surface area contributed by atoms with Gasteiger partial charge in [-0.1, -0.05) is 22.0 Å². The zero-order chi connectivity index (χ0) is 14.1. The Balaban J connectivity index is 1.85. The SMILES string of the molecule is CC(Nc1ccc2[nH]ncc2c1)c1ccc(F)cc1Br. The van der Waals surface area contributed by atoms with Crippen LogP contribution in [0.4, 0.5) is 10.1 Å². The normalized spacial score (nSPS) is 12.6. The number of halogens is 2. The summed E-state index contributed by atoms with van der Waals surface area (Å²) in [6.07, 6.45) is 1.79. The first-order valence-electron chi connectivity index (χ1n) is 6.28. The molecule has 0 aliphatic heterocycles. The van der Waals surface area contributed by atoms with Gasteiger partial charge in [0.2, 0.25) is 0 Å². The maximum Gasteiger partial charge on any atom is 0.124 e. The molecule has 0 radical (unpaired) electrons. The average Bonchev–Trinajstić information content (AvgIpc) is 2.85. The fraction of sp³-hybridized carbons (Fsp3) is 0.133. The molecule has 2 aromatic carbocycles. The molecule has 20 heavy (non-hydrogen) atoms. The third-order valence-corrected chi connectivity index (χ3v) is 3.94. The first-order chi connectivity index (χ1) is 9.63. The van der Waals surface area contributed by atoms with Crippen molar-refractivity contribution in [1.29, 1.82) is 0 Å². The van der Waals surface area contributed by atoms with Crippen LogP contribution in [-0.4, -0.2) is 10.2 Å². The van der Waals surface area contributed by atoms with E-state index in [2.05, 4.69) is 31.4 Å². The summed E-state index contributed by atoms with van der Waals surface area (Å²) in [7, 11) is 0. The summed E-state index contributed by atoms with van der Waals surface area (Å²) in [6.45, 7) is 2.04. The largest absolute Gasteiger partial charge is 0.378 e. The Morgan fingerprint density at radius 3 is 2.90 bits per heavy atom. The summed E-state index contributed by atoms with van der Waals surface area (Å²) in [4.78, 5) is 0. The molecule has 0 aliphatic carbocycles. The molecule has 0 spiro atoms. The summed E-state index contributed by atoms with van der Waals surface area (Å²) in [6, 6.07) is 10.8. The van der Waals surface area contributed by atoms with Crippen molar-refractivity contribution >= 4 is 32.5 Å². The molecule has 3 rings (SSSR count). The summed E-state index contributed by atoms with van der Waals surface area (Å²) in [5.74, 6) is -0.243. The highest BCUT2D eigenvalue weighted by atomic mass is 79.9. The number of nitrogens with one attached hydrogen (secondary N) is 2. The van der Waals surface area contributed by atoms with Crippen LogP contribution in [0.25, 0.3) is 10.9 Å². The minimum absolute atomic E-state index is 0.0642. The zero-order valence-electron chi connectivity index (χ0n) is 10.8. The van der Waals surface area contributed by atoms with E-state index >= 15 is 0 Å². The van der Waals surface area contributed by atoms with Crippen LogP contribution in [0.2, 0.25) is 0 Å². The minimum Gasteiger partial charge on any atom is -0.378 e. The number of benzene rings is 2. The quantitative estimate of drug-likeness (QED) is 0.733. The molecule has 3 nitrogen and oxygen atoms in total. The highest BCUT2D eigenvalue weighted by Gasteiger charge is 2.10. The fourth-order valence-electron chi connectivity index (χ4n) is 2.21. The predicted octanol–water partition coefficient (Wildman–Crippen LogP) is 4.64. The maximum absolute atomic E-state index is 13.1. The van der Waals surface area contributed by atoms with Gasteiger partial charge in [-0.25, -0.2) is 4.39 Å². The number of hydrogen-bond donors (Lipinski definition) is 2. The molecule has 1 unspecified atom stereocenters. The van der Waals surface area contributed by atoms with E-state index in [0.29, 0.717) is 0 Å². The molecule has 1 heterocycles. The number of H-pyrrole nitrogens is 1. The Morgan fingerprint density at radius 1 is 1.25 bits per heavy atom. The smallest absolute Gasteiger partial charge is 0.124 e. The molecule has 5 heteroatoms. The second kappa shape index (κ2) is 5.25. The number of anilines is 1. The van der Waals surface area contributed by atoms with E-state index in [4.69, 9.17) is 0 Å². The van der Waals surface area contributed by atoms with Gasteiger partial charge in [0.1, 0.15) is 5.82 Å². The van der Waals surface area contributed by atoms with Crippen molar-refractivity contribution in [3.63, 3.8) is 0 Å². The number of aromatic amines is 1. The Labute approximate surface area is 124 Å². The van der Waals surface area contributed by atoms with Crippen LogP contribution in [0, 0.1) is 5.82 Å². The van der Waals surface area contributed by atoms with E-state index in [-0.39, 0.29) is 11.9 Å². The lowest BCUT2D eigenvalue weighted by Gasteiger charge is -2.17. The Bertz CT molecular complexity index is 754. The van der Waals surface area contributed by atoms with E-state index < -0.39 is 0 Å². The Morgan fingerprint density at radius 2 is 2.10 bits per heavy atom. The minimum atomic E-state index is -0.243. The van der Waals surface area contributed by atoms with E-state index in [1.54, 1.807) is 12.3 Å². The van der Waals surface area contributed by atoms with Crippen LogP contribution < -0.4 is 5.32 Å². The van der Waals surface area contributed by atoms with Crippen LogP contribution in [0.1, 0.15) is 18.5 Å². The van der Waals surface area contributed by atoms with Gasteiger partial charge in [0.05, 0.1) is 11.7 Å².